The molecule has 0 aliphatic carbocycles. The van der Waals surface area contributed by atoms with Crippen molar-refractivity contribution in [3.8, 4) is 6.07 Å². The van der Waals surface area contributed by atoms with Gasteiger partial charge in [-0.15, -0.1) is 0 Å². The van der Waals surface area contributed by atoms with Crippen molar-refractivity contribution in [1.29, 1.82) is 5.26 Å². The van der Waals surface area contributed by atoms with Crippen LogP contribution >= 0.6 is 23.2 Å². The fraction of sp³-hybridized carbons (Fsp3) is 0.211. The molecule has 1 unspecified atom stereocenters. The molecule has 0 aliphatic heterocycles. The third-order valence-electron chi connectivity index (χ3n) is 4.03. The van der Waals surface area contributed by atoms with E-state index < -0.39 is 6.04 Å². The van der Waals surface area contributed by atoms with E-state index in [-0.39, 0.29) is 18.4 Å². The van der Waals surface area contributed by atoms with E-state index in [1.165, 1.54) is 0 Å². The van der Waals surface area contributed by atoms with Crippen LogP contribution in [0.1, 0.15) is 12.5 Å². The van der Waals surface area contributed by atoms with Gasteiger partial charge in [-0.25, -0.2) is 0 Å². The highest BCUT2D eigenvalue weighted by atomic mass is 35.5. The average molecular weight is 406 g/mol. The van der Waals surface area contributed by atoms with E-state index >= 15 is 0 Å². The molecule has 0 spiro atoms. The second-order valence-corrected chi connectivity index (χ2v) is 6.92. The normalized spacial score (nSPS) is 12.6. The highest BCUT2D eigenvalue weighted by Crippen LogP contribution is 2.24. The number of nitrogens with one attached hydrogen (secondary N) is 3. The number of carbonyl (C=O) groups is 2. The van der Waals surface area contributed by atoms with E-state index in [2.05, 4.69) is 10.6 Å². The lowest BCUT2D eigenvalue weighted by Crippen LogP contribution is -3.14. The molecule has 27 heavy (non-hydrogen) atoms. The molecule has 0 heterocycles. The molecule has 0 saturated heterocycles. The Morgan fingerprint density at radius 1 is 1.11 bits per heavy atom. The topological polar surface area (TPSA) is 86.4 Å². The summed E-state index contributed by atoms with van der Waals surface area (Å²) in [6.07, 6.45) is 0. The molecule has 2 aromatic carbocycles. The molecule has 0 bridgehead atoms. The fourth-order valence-corrected chi connectivity index (χ4v) is 2.62. The summed E-state index contributed by atoms with van der Waals surface area (Å²) in [6.45, 7) is 1.82. The molecule has 2 amide bonds. The van der Waals surface area contributed by atoms with Crippen LogP contribution in [0.3, 0.4) is 0 Å². The third kappa shape index (κ3) is 5.97. The van der Waals surface area contributed by atoms with Gasteiger partial charge in [-0.3, -0.25) is 9.59 Å². The SMILES string of the molecule is C[C@H](C(=O)Nc1cccc(C#N)c1)[NH+](C)CC(=O)Nc1ccc(Cl)c(Cl)c1. The number of nitrogens with zero attached hydrogens (tertiary/aromatic N) is 1. The molecule has 0 radical (unpaired) electrons. The zero-order valence-electron chi connectivity index (χ0n) is 14.8. The zero-order valence-corrected chi connectivity index (χ0v) is 16.4. The number of amides is 2. The molecule has 0 aromatic heterocycles. The standard InChI is InChI=1S/C19H18Cl2N4O2/c1-12(19(27)24-14-5-3-4-13(8-14)10-22)25(2)11-18(26)23-15-6-7-16(20)17(21)9-15/h3-9,12H,11H2,1-2H3,(H,23,26)(H,24,27)/p+1/t12-/m1/s1. The van der Waals surface area contributed by atoms with Crippen molar-refractivity contribution in [2.24, 2.45) is 0 Å². The van der Waals surface area contributed by atoms with Crippen LogP contribution in [0.5, 0.6) is 0 Å². The Balaban J connectivity index is 1.92. The van der Waals surface area contributed by atoms with Gasteiger partial charge in [0.15, 0.2) is 12.6 Å². The van der Waals surface area contributed by atoms with Gasteiger partial charge in [0.05, 0.1) is 28.7 Å². The summed E-state index contributed by atoms with van der Waals surface area (Å²) in [7, 11) is 1.75. The van der Waals surface area contributed by atoms with Crippen molar-refractivity contribution in [1.82, 2.24) is 0 Å². The molecule has 140 valence electrons. The van der Waals surface area contributed by atoms with Crippen LogP contribution in [0.25, 0.3) is 0 Å². The van der Waals surface area contributed by atoms with Gasteiger partial charge in [0.25, 0.3) is 11.8 Å². The van der Waals surface area contributed by atoms with E-state index in [1.54, 1.807) is 56.4 Å². The van der Waals surface area contributed by atoms with Crippen molar-refractivity contribution in [3.05, 3.63) is 58.1 Å². The molecule has 2 atom stereocenters. The Morgan fingerprint density at radius 2 is 1.81 bits per heavy atom. The first-order chi connectivity index (χ1) is 12.8. The molecule has 0 fully saturated rings. The summed E-state index contributed by atoms with van der Waals surface area (Å²) in [5.41, 5.74) is 1.54. The Bertz CT molecular complexity index is 896. The minimum atomic E-state index is -0.477. The lowest BCUT2D eigenvalue weighted by Gasteiger charge is -2.20. The summed E-state index contributed by atoms with van der Waals surface area (Å²) in [5, 5.41) is 15.2. The van der Waals surface area contributed by atoms with E-state index in [0.29, 0.717) is 31.9 Å². The van der Waals surface area contributed by atoms with Crippen molar-refractivity contribution in [3.63, 3.8) is 0 Å². The van der Waals surface area contributed by atoms with Gasteiger partial charge in [0, 0.05) is 11.4 Å². The zero-order chi connectivity index (χ0) is 20.0. The van der Waals surface area contributed by atoms with Crippen LogP contribution in [0.15, 0.2) is 42.5 Å². The fourth-order valence-electron chi connectivity index (χ4n) is 2.33. The molecule has 3 N–H and O–H groups in total. The van der Waals surface area contributed by atoms with Gasteiger partial charge in [-0.05, 0) is 43.3 Å². The number of halogens is 2. The Labute approximate surface area is 167 Å². The molecule has 2 rings (SSSR count). The number of hydrogen-bond donors (Lipinski definition) is 3. The molecular weight excluding hydrogens is 387 g/mol. The van der Waals surface area contributed by atoms with Crippen LogP contribution < -0.4 is 15.5 Å². The van der Waals surface area contributed by atoms with Crippen molar-refractivity contribution < 1.29 is 14.5 Å². The second-order valence-electron chi connectivity index (χ2n) is 6.10. The average Bonchev–Trinajstić information content (AvgIpc) is 2.64. The largest absolute Gasteiger partial charge is 0.321 e. The summed E-state index contributed by atoms with van der Waals surface area (Å²) in [4.78, 5) is 25.3. The summed E-state index contributed by atoms with van der Waals surface area (Å²) in [6, 6.07) is 13.0. The smallest absolute Gasteiger partial charge is 0.282 e. The van der Waals surface area contributed by atoms with Gasteiger partial charge in [0.2, 0.25) is 0 Å². The van der Waals surface area contributed by atoms with Crippen molar-refractivity contribution >= 4 is 46.4 Å². The van der Waals surface area contributed by atoms with Gasteiger partial charge < -0.3 is 15.5 Å². The maximum Gasteiger partial charge on any atom is 0.282 e. The van der Waals surface area contributed by atoms with Gasteiger partial charge in [0.1, 0.15) is 0 Å². The minimum absolute atomic E-state index is 0.0903. The number of rotatable bonds is 6. The molecule has 6 nitrogen and oxygen atoms in total. The van der Waals surface area contributed by atoms with Gasteiger partial charge in [-0.2, -0.15) is 5.26 Å². The number of nitriles is 1. The first-order valence-electron chi connectivity index (χ1n) is 8.18. The van der Waals surface area contributed by atoms with Crippen LogP contribution in [-0.4, -0.2) is 31.4 Å². The Hall–Kier alpha value is -2.59. The van der Waals surface area contributed by atoms with Crippen molar-refractivity contribution in [2.45, 2.75) is 13.0 Å². The summed E-state index contributed by atoms with van der Waals surface area (Å²) in [5.74, 6) is -0.498. The second kappa shape index (κ2) is 9.38. The predicted octanol–water partition coefficient (Wildman–Crippen LogP) is 2.35. The Morgan fingerprint density at radius 3 is 2.48 bits per heavy atom. The highest BCUT2D eigenvalue weighted by Gasteiger charge is 2.24. The number of anilines is 2. The van der Waals surface area contributed by atoms with Gasteiger partial charge in [-0.1, -0.05) is 29.3 Å². The summed E-state index contributed by atoms with van der Waals surface area (Å²) < 4.78 is 0. The maximum absolute atomic E-state index is 12.4. The molecule has 0 saturated carbocycles. The van der Waals surface area contributed by atoms with E-state index in [0.717, 1.165) is 0 Å². The number of benzene rings is 2. The molecule has 0 aliphatic rings. The Kier molecular flexibility index (Phi) is 7.19. The number of likely N-dealkylation sites (N-methyl/N-ethyl adjacent to an activating group) is 1. The van der Waals surface area contributed by atoms with E-state index in [9.17, 15) is 9.59 Å². The van der Waals surface area contributed by atoms with Crippen LogP contribution in [0, 0.1) is 11.3 Å². The van der Waals surface area contributed by atoms with E-state index in [1.807, 2.05) is 6.07 Å². The maximum atomic E-state index is 12.4. The number of quaternary nitrogens is 1. The first kappa shape index (κ1) is 20.7. The predicted molar refractivity (Wildman–Crippen MR) is 106 cm³/mol. The lowest BCUT2D eigenvalue weighted by atomic mass is 10.2. The monoisotopic (exact) mass is 405 g/mol. The van der Waals surface area contributed by atoms with Gasteiger partial charge >= 0.3 is 0 Å². The molecule has 2 aromatic rings. The number of hydrogen-bond acceptors (Lipinski definition) is 3. The molecule has 8 heteroatoms. The van der Waals surface area contributed by atoms with Crippen LogP contribution in [0.4, 0.5) is 11.4 Å². The quantitative estimate of drug-likeness (QED) is 0.689. The lowest BCUT2D eigenvalue weighted by molar-refractivity contribution is -0.885. The van der Waals surface area contributed by atoms with Crippen LogP contribution in [-0.2, 0) is 9.59 Å². The van der Waals surface area contributed by atoms with E-state index in [4.69, 9.17) is 28.5 Å². The van der Waals surface area contributed by atoms with Crippen LogP contribution in [0.2, 0.25) is 10.0 Å². The first-order valence-corrected chi connectivity index (χ1v) is 8.94. The number of carbonyl (C=O) groups excluding carboxylic acids is 2. The highest BCUT2D eigenvalue weighted by molar-refractivity contribution is 6.42. The molecular formula is C19H19Cl2N4O2+. The minimum Gasteiger partial charge on any atom is -0.321 e. The third-order valence-corrected chi connectivity index (χ3v) is 4.77. The summed E-state index contributed by atoms with van der Waals surface area (Å²) >= 11 is 11.8. The van der Waals surface area contributed by atoms with Crippen molar-refractivity contribution in [2.75, 3.05) is 24.2 Å².